The lowest BCUT2D eigenvalue weighted by molar-refractivity contribution is -0.123. The van der Waals surface area contributed by atoms with E-state index in [1.807, 2.05) is 37.4 Å². The Labute approximate surface area is 165 Å². The number of anilines is 2. The van der Waals surface area contributed by atoms with Crippen LogP contribution in [0.1, 0.15) is 21.6 Å². The van der Waals surface area contributed by atoms with Gasteiger partial charge in [-0.3, -0.25) is 9.48 Å². The Bertz CT molecular complexity index is 1020. The number of alkyl halides is 3. The van der Waals surface area contributed by atoms with Crippen LogP contribution in [0, 0.1) is 13.8 Å². The average Bonchev–Trinajstić information content (AvgIpc) is 3.00. The van der Waals surface area contributed by atoms with Gasteiger partial charge in [0.05, 0.1) is 5.69 Å². The van der Waals surface area contributed by atoms with Crippen LogP contribution in [0.25, 0.3) is 11.4 Å². The first-order chi connectivity index (χ1) is 13.6. The molecule has 2 heterocycles. The van der Waals surface area contributed by atoms with E-state index in [1.54, 1.807) is 6.07 Å². The van der Waals surface area contributed by atoms with E-state index in [2.05, 4.69) is 20.4 Å². The summed E-state index contributed by atoms with van der Waals surface area (Å²) in [4.78, 5) is 20.6. The molecule has 0 spiro atoms. The predicted molar refractivity (Wildman–Crippen MR) is 102 cm³/mol. The van der Waals surface area contributed by atoms with Gasteiger partial charge in [0.15, 0.2) is 0 Å². The van der Waals surface area contributed by atoms with Crippen molar-refractivity contribution in [2.75, 3.05) is 11.9 Å². The van der Waals surface area contributed by atoms with Gasteiger partial charge in [0, 0.05) is 18.9 Å². The second-order valence-electron chi connectivity index (χ2n) is 6.60. The van der Waals surface area contributed by atoms with E-state index < -0.39 is 18.6 Å². The summed E-state index contributed by atoms with van der Waals surface area (Å²) in [5, 5.41) is 9.12. The summed E-state index contributed by atoms with van der Waals surface area (Å²) in [6.07, 6.45) is -2.95. The summed E-state index contributed by atoms with van der Waals surface area (Å²) in [7, 11) is 1.47. The molecule has 3 rings (SSSR count). The summed E-state index contributed by atoms with van der Waals surface area (Å²) in [6, 6.07) is 8.93. The summed E-state index contributed by atoms with van der Waals surface area (Å²) in [5.41, 5.74) is 3.76. The first-order valence-electron chi connectivity index (χ1n) is 8.68. The molecule has 3 aromatic rings. The van der Waals surface area contributed by atoms with Crippen molar-refractivity contribution in [3.8, 4) is 11.4 Å². The van der Waals surface area contributed by atoms with E-state index in [9.17, 15) is 18.0 Å². The molecule has 0 saturated heterocycles. The average molecular weight is 404 g/mol. The van der Waals surface area contributed by atoms with Crippen molar-refractivity contribution in [1.82, 2.24) is 25.1 Å². The second kappa shape index (κ2) is 7.90. The van der Waals surface area contributed by atoms with Gasteiger partial charge in [-0.15, -0.1) is 0 Å². The number of hydrogen-bond donors (Lipinski definition) is 2. The Morgan fingerprint density at radius 2 is 1.79 bits per heavy atom. The molecule has 0 atom stereocenters. The summed E-state index contributed by atoms with van der Waals surface area (Å²) < 4.78 is 38.2. The highest BCUT2D eigenvalue weighted by Crippen LogP contribution is 2.21. The zero-order valence-electron chi connectivity index (χ0n) is 16.0. The van der Waals surface area contributed by atoms with E-state index >= 15 is 0 Å². The van der Waals surface area contributed by atoms with Crippen LogP contribution in [0.15, 0.2) is 36.5 Å². The van der Waals surface area contributed by atoms with E-state index in [-0.39, 0.29) is 5.69 Å². The molecular weight excluding hydrogens is 385 g/mol. The molecule has 10 heteroatoms. The van der Waals surface area contributed by atoms with Crippen molar-refractivity contribution in [3.63, 3.8) is 0 Å². The number of nitrogens with one attached hydrogen (secondary N) is 2. The van der Waals surface area contributed by atoms with Crippen molar-refractivity contribution in [3.05, 3.63) is 53.3 Å². The minimum Gasteiger partial charge on any atom is -0.342 e. The summed E-state index contributed by atoms with van der Waals surface area (Å²) in [5.74, 6) is -0.535. The molecule has 0 aliphatic heterocycles. The highest BCUT2D eigenvalue weighted by atomic mass is 19.4. The summed E-state index contributed by atoms with van der Waals surface area (Å²) >= 11 is 0. The zero-order valence-corrected chi connectivity index (χ0v) is 16.0. The largest absolute Gasteiger partial charge is 0.405 e. The third-order valence-electron chi connectivity index (χ3n) is 3.96. The van der Waals surface area contributed by atoms with E-state index in [0.29, 0.717) is 17.3 Å². The predicted octanol–water partition coefficient (Wildman–Crippen LogP) is 3.53. The lowest BCUT2D eigenvalue weighted by Crippen LogP contribution is -2.34. The molecule has 0 bridgehead atoms. The Balaban J connectivity index is 1.81. The van der Waals surface area contributed by atoms with Gasteiger partial charge in [0.2, 0.25) is 5.95 Å². The number of halogens is 3. The summed E-state index contributed by atoms with van der Waals surface area (Å²) in [6.45, 7) is 2.55. The number of hydrogen-bond acceptors (Lipinski definition) is 5. The van der Waals surface area contributed by atoms with Crippen molar-refractivity contribution in [1.29, 1.82) is 0 Å². The van der Waals surface area contributed by atoms with Crippen LogP contribution < -0.4 is 10.6 Å². The topological polar surface area (TPSA) is 84.7 Å². The van der Waals surface area contributed by atoms with Crippen LogP contribution in [0.5, 0.6) is 0 Å². The fourth-order valence-electron chi connectivity index (χ4n) is 2.81. The van der Waals surface area contributed by atoms with Crippen LogP contribution in [0.4, 0.5) is 24.8 Å². The number of aromatic nitrogens is 4. The van der Waals surface area contributed by atoms with Crippen LogP contribution in [0.3, 0.4) is 0 Å². The van der Waals surface area contributed by atoms with E-state index in [1.165, 1.54) is 24.0 Å². The monoisotopic (exact) mass is 404 g/mol. The minimum atomic E-state index is -4.49. The number of nitrogens with zero attached hydrogens (tertiary/aromatic N) is 4. The Hall–Kier alpha value is -3.43. The normalized spacial score (nSPS) is 11.4. The molecule has 2 aromatic heterocycles. The molecule has 0 radical (unpaired) electrons. The number of aryl methyl sites for hydroxylation is 3. The van der Waals surface area contributed by atoms with Crippen LogP contribution in [-0.2, 0) is 7.05 Å². The maximum Gasteiger partial charge on any atom is 0.405 e. The number of carbonyl (C=O) groups is 1. The lowest BCUT2D eigenvalue weighted by Gasteiger charge is -2.08. The Morgan fingerprint density at radius 1 is 1.10 bits per heavy atom. The molecule has 1 amide bonds. The van der Waals surface area contributed by atoms with Crippen molar-refractivity contribution in [2.24, 2.45) is 7.05 Å². The SMILES string of the molecule is Cc1cc(C)cc(Nc2nccc(-c3cc(C(=O)NCC(F)(F)F)n(C)n3)n2)c1. The standard InChI is InChI=1S/C19H19F3N6O/c1-11-6-12(2)8-13(7-11)25-18-23-5-4-14(26-18)15-9-16(28(3)27-15)17(29)24-10-19(20,21)22/h4-9H,10H2,1-3H3,(H,24,29)(H,23,25,26). The molecule has 29 heavy (non-hydrogen) atoms. The van der Waals surface area contributed by atoms with Crippen molar-refractivity contribution < 1.29 is 18.0 Å². The number of amides is 1. The molecule has 1 aromatic carbocycles. The van der Waals surface area contributed by atoms with Gasteiger partial charge in [0.1, 0.15) is 17.9 Å². The Kier molecular flexibility index (Phi) is 5.53. The smallest absolute Gasteiger partial charge is 0.342 e. The van der Waals surface area contributed by atoms with Crippen LogP contribution in [-0.4, -0.2) is 38.4 Å². The molecule has 0 saturated carbocycles. The number of carbonyl (C=O) groups excluding carboxylic acids is 1. The van der Waals surface area contributed by atoms with Gasteiger partial charge in [-0.05, 0) is 49.2 Å². The fourth-order valence-corrected chi connectivity index (χ4v) is 2.81. The van der Waals surface area contributed by atoms with Crippen LogP contribution in [0.2, 0.25) is 0 Å². The third-order valence-corrected chi connectivity index (χ3v) is 3.96. The van der Waals surface area contributed by atoms with Gasteiger partial charge in [0.25, 0.3) is 5.91 Å². The Morgan fingerprint density at radius 3 is 2.45 bits per heavy atom. The van der Waals surface area contributed by atoms with Gasteiger partial charge in [-0.2, -0.15) is 18.3 Å². The molecule has 0 aliphatic carbocycles. The second-order valence-corrected chi connectivity index (χ2v) is 6.60. The number of benzene rings is 1. The number of rotatable bonds is 5. The molecule has 7 nitrogen and oxygen atoms in total. The van der Waals surface area contributed by atoms with Gasteiger partial charge in [-0.1, -0.05) is 6.07 Å². The molecular formula is C19H19F3N6O. The third kappa shape index (κ3) is 5.31. The molecule has 0 unspecified atom stereocenters. The van der Waals surface area contributed by atoms with Gasteiger partial charge < -0.3 is 10.6 Å². The molecule has 0 fully saturated rings. The highest BCUT2D eigenvalue weighted by molar-refractivity contribution is 5.93. The van der Waals surface area contributed by atoms with Gasteiger partial charge in [-0.25, -0.2) is 9.97 Å². The molecule has 2 N–H and O–H groups in total. The fraction of sp³-hybridized carbons (Fsp3) is 0.263. The minimum absolute atomic E-state index is 0.00770. The highest BCUT2D eigenvalue weighted by Gasteiger charge is 2.28. The molecule has 152 valence electrons. The zero-order chi connectivity index (χ0) is 21.2. The van der Waals surface area contributed by atoms with Gasteiger partial charge >= 0.3 is 6.18 Å². The van der Waals surface area contributed by atoms with Crippen LogP contribution >= 0.6 is 0 Å². The van der Waals surface area contributed by atoms with Crippen molar-refractivity contribution >= 4 is 17.5 Å². The van der Waals surface area contributed by atoms with Crippen molar-refractivity contribution in [2.45, 2.75) is 20.0 Å². The maximum atomic E-state index is 12.3. The maximum absolute atomic E-state index is 12.3. The quantitative estimate of drug-likeness (QED) is 0.680. The first kappa shape index (κ1) is 20.3. The first-order valence-corrected chi connectivity index (χ1v) is 8.68. The van der Waals surface area contributed by atoms with E-state index in [4.69, 9.17) is 0 Å². The lowest BCUT2D eigenvalue weighted by atomic mass is 10.1. The van der Waals surface area contributed by atoms with E-state index in [0.717, 1.165) is 16.8 Å². The molecule has 0 aliphatic rings.